The number of benzene rings is 1. The van der Waals surface area contributed by atoms with Gasteiger partial charge in [-0.3, -0.25) is 4.79 Å². The van der Waals surface area contributed by atoms with Crippen LogP contribution in [0.1, 0.15) is 25.8 Å². The van der Waals surface area contributed by atoms with Gasteiger partial charge in [-0.1, -0.05) is 18.5 Å². The van der Waals surface area contributed by atoms with E-state index >= 15 is 0 Å². The molecule has 0 spiro atoms. The van der Waals surface area contributed by atoms with Gasteiger partial charge in [0.2, 0.25) is 5.91 Å². The van der Waals surface area contributed by atoms with Crippen LogP contribution in [0.25, 0.3) is 0 Å². The minimum absolute atomic E-state index is 0.0107. The van der Waals surface area contributed by atoms with Crippen LogP contribution in [0.3, 0.4) is 0 Å². The Balaban J connectivity index is 2.67. The van der Waals surface area contributed by atoms with Crippen molar-refractivity contribution in [1.29, 1.82) is 0 Å². The number of carbonyl (C=O) groups excluding carboxylic acids is 1. The van der Waals surface area contributed by atoms with E-state index in [4.69, 9.17) is 21.1 Å². The molecule has 1 aromatic carbocycles. The zero-order chi connectivity index (χ0) is 15.8. The van der Waals surface area contributed by atoms with Crippen LogP contribution in [0.2, 0.25) is 5.02 Å². The summed E-state index contributed by atoms with van der Waals surface area (Å²) >= 11 is 6.15. The number of hydrogen-bond donors (Lipinski definition) is 2. The second-order valence-electron chi connectivity index (χ2n) is 4.71. The molecule has 0 radical (unpaired) electrons. The average Bonchev–Trinajstić information content (AvgIpc) is 2.49. The van der Waals surface area contributed by atoms with E-state index < -0.39 is 0 Å². The van der Waals surface area contributed by atoms with Crippen molar-refractivity contribution in [3.63, 3.8) is 0 Å². The van der Waals surface area contributed by atoms with Crippen molar-refractivity contribution in [2.45, 2.75) is 32.9 Å². The third-order valence-corrected chi connectivity index (χ3v) is 3.33. The van der Waals surface area contributed by atoms with E-state index in [-0.39, 0.29) is 11.9 Å². The predicted molar refractivity (Wildman–Crippen MR) is 84.2 cm³/mol. The molecule has 1 unspecified atom stereocenters. The summed E-state index contributed by atoms with van der Waals surface area (Å²) < 4.78 is 10.4. The van der Waals surface area contributed by atoms with Crippen molar-refractivity contribution in [2.75, 3.05) is 20.8 Å². The molecule has 0 saturated heterocycles. The molecule has 2 N–H and O–H groups in total. The van der Waals surface area contributed by atoms with Gasteiger partial charge in [0, 0.05) is 13.1 Å². The van der Waals surface area contributed by atoms with Gasteiger partial charge in [0.25, 0.3) is 0 Å². The van der Waals surface area contributed by atoms with Gasteiger partial charge in [0.15, 0.2) is 11.5 Å². The maximum Gasteiger partial charge on any atom is 0.236 e. The molecule has 0 saturated carbocycles. The van der Waals surface area contributed by atoms with E-state index in [9.17, 15) is 4.79 Å². The Labute approximate surface area is 131 Å². The van der Waals surface area contributed by atoms with Crippen molar-refractivity contribution in [3.8, 4) is 11.5 Å². The van der Waals surface area contributed by atoms with Crippen molar-refractivity contribution < 1.29 is 14.3 Å². The molecule has 0 aliphatic rings. The van der Waals surface area contributed by atoms with Crippen molar-refractivity contribution in [3.05, 3.63) is 22.7 Å². The van der Waals surface area contributed by atoms with Crippen molar-refractivity contribution in [1.82, 2.24) is 10.6 Å². The number of rotatable bonds is 8. The molecule has 1 aromatic rings. The number of amides is 1. The van der Waals surface area contributed by atoms with Crippen LogP contribution in [0.15, 0.2) is 12.1 Å². The molecule has 0 fully saturated rings. The Bertz CT molecular complexity index is 480. The standard InChI is InChI=1S/C15H23ClN2O3/c1-5-6-17-15(19)10(2)18-9-11-7-12(16)14(21-4)13(8-11)20-3/h7-8,10,18H,5-6,9H2,1-4H3,(H,17,19). The van der Waals surface area contributed by atoms with Gasteiger partial charge in [-0.05, 0) is 31.0 Å². The highest BCUT2D eigenvalue weighted by atomic mass is 35.5. The Morgan fingerprint density at radius 3 is 2.62 bits per heavy atom. The van der Waals surface area contributed by atoms with Gasteiger partial charge in [0.05, 0.1) is 25.3 Å². The fraction of sp³-hybridized carbons (Fsp3) is 0.533. The molecule has 21 heavy (non-hydrogen) atoms. The van der Waals surface area contributed by atoms with Gasteiger partial charge < -0.3 is 20.1 Å². The van der Waals surface area contributed by atoms with Crippen molar-refractivity contribution in [2.24, 2.45) is 0 Å². The molecule has 1 amide bonds. The summed E-state index contributed by atoms with van der Waals surface area (Å²) in [5.41, 5.74) is 0.924. The summed E-state index contributed by atoms with van der Waals surface area (Å²) in [7, 11) is 3.11. The third kappa shape index (κ3) is 5.10. The van der Waals surface area contributed by atoms with Gasteiger partial charge in [-0.2, -0.15) is 0 Å². The molecule has 118 valence electrons. The first-order valence-electron chi connectivity index (χ1n) is 6.95. The lowest BCUT2D eigenvalue weighted by Gasteiger charge is -2.15. The van der Waals surface area contributed by atoms with E-state index in [2.05, 4.69) is 10.6 Å². The average molecular weight is 315 g/mol. The molecule has 0 bridgehead atoms. The molecule has 0 aromatic heterocycles. The molecule has 5 nitrogen and oxygen atoms in total. The van der Waals surface area contributed by atoms with Crippen LogP contribution in [0, 0.1) is 0 Å². The van der Waals surface area contributed by atoms with Crippen LogP contribution < -0.4 is 20.1 Å². The fourth-order valence-electron chi connectivity index (χ4n) is 1.84. The first kappa shape index (κ1) is 17.6. The van der Waals surface area contributed by atoms with E-state index in [1.54, 1.807) is 20.3 Å². The van der Waals surface area contributed by atoms with Crippen LogP contribution in [-0.2, 0) is 11.3 Å². The highest BCUT2D eigenvalue weighted by molar-refractivity contribution is 6.32. The molecule has 0 heterocycles. The van der Waals surface area contributed by atoms with Crippen LogP contribution in [0.4, 0.5) is 0 Å². The monoisotopic (exact) mass is 314 g/mol. The lowest BCUT2D eigenvalue weighted by molar-refractivity contribution is -0.122. The van der Waals surface area contributed by atoms with Crippen LogP contribution in [-0.4, -0.2) is 32.7 Å². The van der Waals surface area contributed by atoms with Gasteiger partial charge in [-0.25, -0.2) is 0 Å². The summed E-state index contributed by atoms with van der Waals surface area (Å²) in [6, 6.07) is 3.37. The SMILES string of the molecule is CCCNC(=O)C(C)NCc1cc(Cl)c(OC)c(OC)c1. The molecule has 0 aliphatic heterocycles. The van der Waals surface area contributed by atoms with Gasteiger partial charge in [-0.15, -0.1) is 0 Å². The molecule has 6 heteroatoms. The number of methoxy groups -OCH3 is 2. The normalized spacial score (nSPS) is 11.9. The second kappa shape index (κ2) is 8.74. The molecular weight excluding hydrogens is 292 g/mol. The minimum Gasteiger partial charge on any atom is -0.493 e. The van der Waals surface area contributed by atoms with E-state index in [0.717, 1.165) is 12.0 Å². The highest BCUT2D eigenvalue weighted by Gasteiger charge is 2.14. The Hall–Kier alpha value is -1.46. The van der Waals surface area contributed by atoms with Crippen molar-refractivity contribution >= 4 is 17.5 Å². The minimum atomic E-state index is -0.275. The summed E-state index contributed by atoms with van der Waals surface area (Å²) in [5.74, 6) is 1.07. The smallest absolute Gasteiger partial charge is 0.236 e. The zero-order valence-corrected chi connectivity index (χ0v) is 13.7. The number of hydrogen-bond acceptors (Lipinski definition) is 4. The topological polar surface area (TPSA) is 59.6 Å². The Morgan fingerprint density at radius 1 is 1.33 bits per heavy atom. The molecule has 0 aliphatic carbocycles. The fourth-order valence-corrected chi connectivity index (χ4v) is 2.15. The number of halogens is 1. The van der Waals surface area contributed by atoms with Crippen LogP contribution in [0.5, 0.6) is 11.5 Å². The Morgan fingerprint density at radius 2 is 2.05 bits per heavy atom. The van der Waals surface area contributed by atoms with E-state index in [1.165, 1.54) is 0 Å². The van der Waals surface area contributed by atoms with E-state index in [1.807, 2.05) is 19.9 Å². The molecular formula is C15H23ClN2O3. The number of ether oxygens (including phenoxy) is 2. The summed E-state index contributed by atoms with van der Waals surface area (Å²) in [6.07, 6.45) is 0.920. The first-order valence-corrected chi connectivity index (χ1v) is 7.32. The van der Waals surface area contributed by atoms with Crippen LogP contribution >= 0.6 is 11.6 Å². The number of nitrogens with one attached hydrogen (secondary N) is 2. The first-order chi connectivity index (χ1) is 10.0. The quantitative estimate of drug-likeness (QED) is 0.773. The lowest BCUT2D eigenvalue weighted by Crippen LogP contribution is -2.42. The molecule has 1 atom stereocenters. The third-order valence-electron chi connectivity index (χ3n) is 3.05. The number of carbonyl (C=O) groups is 1. The molecule has 1 rings (SSSR count). The second-order valence-corrected chi connectivity index (χ2v) is 5.11. The summed E-state index contributed by atoms with van der Waals surface area (Å²) in [5, 5.41) is 6.49. The summed E-state index contributed by atoms with van der Waals surface area (Å²) in [6.45, 7) is 5.05. The maximum absolute atomic E-state index is 11.8. The zero-order valence-electron chi connectivity index (χ0n) is 13.0. The summed E-state index contributed by atoms with van der Waals surface area (Å²) in [4.78, 5) is 11.8. The lowest BCUT2D eigenvalue weighted by atomic mass is 10.2. The van der Waals surface area contributed by atoms with E-state index in [0.29, 0.717) is 29.6 Å². The highest BCUT2D eigenvalue weighted by Crippen LogP contribution is 2.35. The predicted octanol–water partition coefficient (Wildman–Crippen LogP) is 2.36. The largest absolute Gasteiger partial charge is 0.493 e. The van der Waals surface area contributed by atoms with Gasteiger partial charge >= 0.3 is 0 Å². The maximum atomic E-state index is 11.8. The Kier molecular flexibility index (Phi) is 7.32. The van der Waals surface area contributed by atoms with Gasteiger partial charge in [0.1, 0.15) is 0 Å².